The van der Waals surface area contributed by atoms with Gasteiger partial charge in [-0.05, 0) is 31.5 Å². The first-order valence-corrected chi connectivity index (χ1v) is 5.24. The van der Waals surface area contributed by atoms with Gasteiger partial charge in [0.1, 0.15) is 11.6 Å². The summed E-state index contributed by atoms with van der Waals surface area (Å²) in [5, 5.41) is 0. The molecule has 80 valence electrons. The van der Waals surface area contributed by atoms with Crippen molar-refractivity contribution in [1.29, 1.82) is 0 Å². The Labute approximate surface area is 87.8 Å². The summed E-state index contributed by atoms with van der Waals surface area (Å²) in [6.07, 6.45) is 5.79. The Morgan fingerprint density at radius 2 is 2.07 bits per heavy atom. The van der Waals surface area contributed by atoms with Gasteiger partial charge in [-0.1, -0.05) is 12.5 Å². The van der Waals surface area contributed by atoms with Crippen LogP contribution in [0.5, 0.6) is 0 Å². The van der Waals surface area contributed by atoms with E-state index in [9.17, 15) is 8.78 Å². The summed E-state index contributed by atoms with van der Waals surface area (Å²) in [6.45, 7) is 0. The summed E-state index contributed by atoms with van der Waals surface area (Å²) in [5.74, 6) is -1.02. The molecule has 0 bridgehead atoms. The average Bonchev–Trinajstić information content (AvgIpc) is 2.46. The fourth-order valence-corrected chi connectivity index (χ4v) is 1.86. The molecular weight excluding hydrogens is 196 g/mol. The average molecular weight is 209 g/mol. The molecule has 0 N–H and O–H groups in total. The molecule has 2 rings (SSSR count). The zero-order valence-electron chi connectivity index (χ0n) is 8.42. The third-order valence-electron chi connectivity index (χ3n) is 2.67. The number of benzene rings is 1. The molecule has 0 spiro atoms. The van der Waals surface area contributed by atoms with E-state index in [0.29, 0.717) is 5.56 Å². The van der Waals surface area contributed by atoms with Crippen molar-refractivity contribution in [1.82, 2.24) is 0 Å². The smallest absolute Gasteiger partial charge is 0.131 e. The highest BCUT2D eigenvalue weighted by molar-refractivity contribution is 5.58. The van der Waals surface area contributed by atoms with Crippen LogP contribution in [0.15, 0.2) is 23.2 Å². The van der Waals surface area contributed by atoms with E-state index >= 15 is 0 Å². The monoisotopic (exact) mass is 209 g/mol. The van der Waals surface area contributed by atoms with Crippen molar-refractivity contribution in [2.45, 2.75) is 31.7 Å². The van der Waals surface area contributed by atoms with E-state index in [2.05, 4.69) is 4.99 Å². The van der Waals surface area contributed by atoms with E-state index in [0.717, 1.165) is 31.7 Å². The van der Waals surface area contributed by atoms with Crippen LogP contribution < -0.4 is 0 Å². The number of rotatable bonds is 1. The second kappa shape index (κ2) is 4.51. The summed E-state index contributed by atoms with van der Waals surface area (Å²) in [6, 6.07) is 3.58. The molecule has 1 nitrogen and oxygen atoms in total. The molecule has 15 heavy (non-hydrogen) atoms. The van der Waals surface area contributed by atoms with Crippen molar-refractivity contribution >= 4 is 6.21 Å². The largest absolute Gasteiger partial charge is 0.289 e. The van der Waals surface area contributed by atoms with Crippen LogP contribution in [0.4, 0.5) is 8.78 Å². The van der Waals surface area contributed by atoms with Gasteiger partial charge in [0.05, 0.1) is 6.04 Å². The van der Waals surface area contributed by atoms with E-state index in [1.165, 1.54) is 12.1 Å². The van der Waals surface area contributed by atoms with Gasteiger partial charge in [-0.3, -0.25) is 4.99 Å². The molecule has 0 radical (unpaired) electrons. The first-order valence-electron chi connectivity index (χ1n) is 5.24. The molecule has 0 saturated carbocycles. The highest BCUT2D eigenvalue weighted by Gasteiger charge is 2.15. The summed E-state index contributed by atoms with van der Waals surface area (Å²) in [5.41, 5.74) is 0.509. The highest BCUT2D eigenvalue weighted by atomic mass is 19.1. The van der Waals surface area contributed by atoms with E-state index < -0.39 is 11.6 Å². The summed E-state index contributed by atoms with van der Waals surface area (Å²) < 4.78 is 26.2. The van der Waals surface area contributed by atoms with Crippen LogP contribution >= 0.6 is 0 Å². The lowest BCUT2D eigenvalue weighted by atomic mass is 10.0. The van der Waals surface area contributed by atoms with Crippen LogP contribution in [0, 0.1) is 11.6 Å². The number of hydrogen-bond acceptors (Lipinski definition) is 1. The minimum absolute atomic E-state index is 0.131. The normalized spacial score (nSPS) is 21.3. The maximum Gasteiger partial charge on any atom is 0.131 e. The Kier molecular flexibility index (Phi) is 3.09. The van der Waals surface area contributed by atoms with Crippen LogP contribution in [-0.2, 0) is 0 Å². The van der Waals surface area contributed by atoms with Gasteiger partial charge in [-0.15, -0.1) is 0 Å². The maximum atomic E-state index is 13.5. The van der Waals surface area contributed by atoms with Gasteiger partial charge in [0.15, 0.2) is 0 Å². The molecule has 1 aromatic rings. The number of aliphatic imine (C=N–C) groups is 1. The van der Waals surface area contributed by atoms with E-state index in [4.69, 9.17) is 0 Å². The molecule has 3 heteroatoms. The molecule has 1 aromatic carbocycles. The minimum Gasteiger partial charge on any atom is -0.289 e. The van der Waals surface area contributed by atoms with Crippen molar-refractivity contribution in [3.8, 4) is 0 Å². The van der Waals surface area contributed by atoms with E-state index in [1.54, 1.807) is 0 Å². The molecule has 0 aliphatic carbocycles. The van der Waals surface area contributed by atoms with Gasteiger partial charge in [-0.25, -0.2) is 8.78 Å². The molecule has 0 fully saturated rings. The Morgan fingerprint density at radius 1 is 1.20 bits per heavy atom. The summed E-state index contributed by atoms with van der Waals surface area (Å²) in [4.78, 5) is 4.30. The maximum absolute atomic E-state index is 13.5. The zero-order chi connectivity index (χ0) is 10.7. The molecule has 0 aromatic heterocycles. The standard InChI is InChI=1S/C12H13F2N/c13-9-5-6-10(11(14)8-9)12-4-2-1-3-7-15-12/h5-8,12H,1-4H2. The van der Waals surface area contributed by atoms with Crippen molar-refractivity contribution in [2.75, 3.05) is 0 Å². The number of hydrogen-bond donors (Lipinski definition) is 0. The Hall–Kier alpha value is -1.25. The van der Waals surface area contributed by atoms with Gasteiger partial charge < -0.3 is 0 Å². The molecule has 0 amide bonds. The van der Waals surface area contributed by atoms with Gasteiger partial charge in [0, 0.05) is 11.6 Å². The summed E-state index contributed by atoms with van der Waals surface area (Å²) >= 11 is 0. The first kappa shape index (κ1) is 10.3. The van der Waals surface area contributed by atoms with Crippen molar-refractivity contribution < 1.29 is 8.78 Å². The van der Waals surface area contributed by atoms with Gasteiger partial charge in [0.25, 0.3) is 0 Å². The first-order chi connectivity index (χ1) is 7.27. The molecular formula is C12H13F2N. The predicted octanol–water partition coefficient (Wildman–Crippen LogP) is 3.65. The number of nitrogens with zero attached hydrogens (tertiary/aromatic N) is 1. The summed E-state index contributed by atoms with van der Waals surface area (Å²) in [7, 11) is 0. The van der Waals surface area contributed by atoms with Gasteiger partial charge in [-0.2, -0.15) is 0 Å². The topological polar surface area (TPSA) is 12.4 Å². The molecule has 0 saturated heterocycles. The lowest BCUT2D eigenvalue weighted by Crippen LogP contribution is -1.99. The van der Waals surface area contributed by atoms with Gasteiger partial charge >= 0.3 is 0 Å². The molecule has 1 aliphatic heterocycles. The van der Waals surface area contributed by atoms with Crippen molar-refractivity contribution in [3.63, 3.8) is 0 Å². The van der Waals surface area contributed by atoms with E-state index in [1.807, 2.05) is 6.21 Å². The Balaban J connectivity index is 2.27. The molecule has 1 unspecified atom stereocenters. The van der Waals surface area contributed by atoms with Crippen LogP contribution in [-0.4, -0.2) is 6.21 Å². The quantitative estimate of drug-likeness (QED) is 0.669. The second-order valence-corrected chi connectivity index (χ2v) is 3.80. The highest BCUT2D eigenvalue weighted by Crippen LogP contribution is 2.28. The SMILES string of the molecule is Fc1ccc(C2CCCCC=N2)c(F)c1. The lowest BCUT2D eigenvalue weighted by Gasteiger charge is -2.11. The molecule has 1 atom stereocenters. The number of halogens is 2. The van der Waals surface area contributed by atoms with Crippen molar-refractivity contribution in [2.24, 2.45) is 4.99 Å². The fourth-order valence-electron chi connectivity index (χ4n) is 1.86. The van der Waals surface area contributed by atoms with E-state index in [-0.39, 0.29) is 6.04 Å². The third kappa shape index (κ3) is 2.41. The lowest BCUT2D eigenvalue weighted by molar-refractivity contribution is 0.539. The van der Waals surface area contributed by atoms with Crippen LogP contribution in [0.3, 0.4) is 0 Å². The zero-order valence-corrected chi connectivity index (χ0v) is 8.42. The second-order valence-electron chi connectivity index (χ2n) is 3.80. The predicted molar refractivity (Wildman–Crippen MR) is 56.1 cm³/mol. The fraction of sp³-hybridized carbons (Fsp3) is 0.417. The van der Waals surface area contributed by atoms with Crippen LogP contribution in [0.25, 0.3) is 0 Å². The Bertz CT molecular complexity index is 374. The molecule has 1 aliphatic rings. The molecule has 1 heterocycles. The van der Waals surface area contributed by atoms with Gasteiger partial charge in [0.2, 0.25) is 0 Å². The van der Waals surface area contributed by atoms with Crippen LogP contribution in [0.1, 0.15) is 37.3 Å². The third-order valence-corrected chi connectivity index (χ3v) is 2.67. The minimum atomic E-state index is -0.533. The Morgan fingerprint density at radius 3 is 2.87 bits per heavy atom. The van der Waals surface area contributed by atoms with Crippen LogP contribution in [0.2, 0.25) is 0 Å². The van der Waals surface area contributed by atoms with Crippen molar-refractivity contribution in [3.05, 3.63) is 35.4 Å².